The van der Waals surface area contributed by atoms with Crippen LogP contribution in [0.1, 0.15) is 161 Å². The Balaban J connectivity index is 0.000000146. The molecule has 6 aromatic heterocycles. The maximum atomic E-state index is 14.2. The van der Waals surface area contributed by atoms with E-state index in [-0.39, 0.29) is 77.7 Å². The standard InChI is InChI=1S/2C13H19N3O5.2C12H18N4O3.C11H13ClFN5O2/c2*1-3-7-10(18)11(19)12(21-7)16-6-5-8(15-13(16)20)14-9(17)4-2;2*1-2-9-7(17)3-10(19-9)16-6-15-11-8(18)4-13-5-14-12(11)16;1-2-4-7(19)5(13)10(20-4)18-3-15-6-8(14)16-11(12)17-9(6)18/h2*5-7,10-12,18-19H,3-4H2,1-2H3,(H,14,15,17,20);2*5-10,17-18H,2-4H2,1H3,(H,13,14);3-5,7,10,19H,2H2,1H3,(H2,14,16,17)/t2*7-,10-,11+,12-;2*7-,8+,9+,10+;4-,5+,7-,10-/m11001/s1. The van der Waals surface area contributed by atoms with Gasteiger partial charge in [-0.1, -0.05) is 48.5 Å². The maximum Gasteiger partial charge on any atom is 0.351 e. The Morgan fingerprint density at radius 3 is 1.34 bits per heavy atom. The fraction of sp³-hybridized carbons (Fsp3) is 0.623. The molecule has 7 aliphatic heterocycles. The SMILES string of the molecule is CCC(=O)Nc1ccn([C@@H]2O[C@H](CC)[C@@H](O)[C@@H]2O)c(=O)n1.CCC(=O)Nc1ccn([C@@H]2O[C@H](CC)[C@@H](O)[C@@H]2O)c(=O)n1.CC[C@H]1O[C@@H](n2cnc3c(N)nc(Cl)nc32)[C@@H](F)[C@@H]1O.CC[C@H]1O[C@@H](n2cnc3c2NC=NC[C@H]3O)C[C@@H]1O.CC[C@H]1O[C@@H](n2cnc3c2NC=NC[C@H]3O)C[C@@H]1O. The number of hydrogen-bond donors (Lipinski definition) is 14. The van der Waals surface area contributed by atoms with Crippen molar-refractivity contribution < 1.29 is 83.6 Å². The number of rotatable bonds is 14. The molecule has 0 spiro atoms. The van der Waals surface area contributed by atoms with Crippen LogP contribution in [0.2, 0.25) is 5.28 Å². The highest BCUT2D eigenvalue weighted by Gasteiger charge is 2.47. The molecule has 6 aromatic rings. The third kappa shape index (κ3) is 17.0. The number of nitrogens with zero attached hydrogens (tertiary/aromatic N) is 14. The van der Waals surface area contributed by atoms with Crippen molar-refractivity contribution in [2.45, 2.75) is 229 Å². The number of aliphatic hydroxyl groups is 9. The van der Waals surface area contributed by atoms with Crippen LogP contribution in [-0.4, -0.2) is 221 Å². The first-order chi connectivity index (χ1) is 47.9. The molecular weight excluding hydrogens is 1340 g/mol. The van der Waals surface area contributed by atoms with Crippen LogP contribution in [0.3, 0.4) is 0 Å². The Morgan fingerprint density at radius 2 is 0.960 bits per heavy atom. The minimum absolute atomic E-state index is 0.0576. The molecular formula is C61H87ClFN19O18. The van der Waals surface area contributed by atoms with Gasteiger partial charge in [0.2, 0.25) is 17.1 Å². The smallest absolute Gasteiger partial charge is 0.351 e. The number of carbonyl (C=O) groups is 2. The van der Waals surface area contributed by atoms with Crippen molar-refractivity contribution in [2.75, 3.05) is 40.1 Å². The third-order valence-electron chi connectivity index (χ3n) is 17.5. The Morgan fingerprint density at radius 1 is 0.550 bits per heavy atom. The van der Waals surface area contributed by atoms with Gasteiger partial charge in [0.25, 0.3) is 0 Å². The number of nitrogen functional groups attached to an aromatic ring is 1. The second-order valence-electron chi connectivity index (χ2n) is 24.1. The van der Waals surface area contributed by atoms with Crippen LogP contribution >= 0.6 is 11.6 Å². The fourth-order valence-electron chi connectivity index (χ4n) is 11.9. The van der Waals surface area contributed by atoms with Crippen LogP contribution < -0.4 is 38.4 Å². The van der Waals surface area contributed by atoms with Crippen LogP contribution in [0.4, 0.5) is 33.5 Å². The molecule has 5 fully saturated rings. The normalized spacial score (nSPS) is 30.9. The minimum Gasteiger partial charge on any atom is -0.390 e. The number of hydrogen-bond acceptors (Lipinski definition) is 30. The van der Waals surface area contributed by atoms with Gasteiger partial charge in [-0.05, 0) is 55.8 Å². The summed E-state index contributed by atoms with van der Waals surface area (Å²) in [7, 11) is 0. The van der Waals surface area contributed by atoms with Crippen LogP contribution in [0, 0.1) is 0 Å². The molecule has 13 heterocycles. The van der Waals surface area contributed by atoms with E-state index in [2.05, 4.69) is 66.1 Å². The van der Waals surface area contributed by atoms with E-state index >= 15 is 0 Å². The number of nitrogens with two attached hydrogens (primary N) is 1. The van der Waals surface area contributed by atoms with Gasteiger partial charge in [0.05, 0.1) is 87.5 Å². The van der Waals surface area contributed by atoms with E-state index in [0.717, 1.165) is 22.0 Å². The van der Waals surface area contributed by atoms with Crippen LogP contribution in [-0.2, 0) is 33.3 Å². The number of aliphatic hydroxyl groups excluding tert-OH is 9. The van der Waals surface area contributed by atoms with Gasteiger partial charge < -0.3 is 96.6 Å². The number of carbonyl (C=O) groups excluding carboxylic acids is 2. The maximum absolute atomic E-state index is 14.2. The van der Waals surface area contributed by atoms with Crippen molar-refractivity contribution in [2.24, 2.45) is 9.98 Å². The van der Waals surface area contributed by atoms with E-state index in [9.17, 15) is 69.5 Å². The molecule has 0 aromatic carbocycles. The van der Waals surface area contributed by atoms with Gasteiger partial charge in [0.1, 0.15) is 95.4 Å². The van der Waals surface area contributed by atoms with Gasteiger partial charge in [-0.3, -0.25) is 42.4 Å². The number of nitrogens with one attached hydrogen (secondary N) is 4. The predicted octanol–water partition coefficient (Wildman–Crippen LogP) is 1.17. The van der Waals surface area contributed by atoms with E-state index in [1.54, 1.807) is 39.2 Å². The van der Waals surface area contributed by atoms with Crippen molar-refractivity contribution in [3.05, 3.63) is 81.1 Å². The molecule has 548 valence electrons. The Kier molecular flexibility index (Phi) is 26.0. The molecule has 39 heteroatoms. The van der Waals surface area contributed by atoms with Crippen molar-refractivity contribution in [3.63, 3.8) is 0 Å². The topological polar surface area (TPSA) is 510 Å². The van der Waals surface area contributed by atoms with E-state index in [4.69, 9.17) is 41.0 Å². The number of amides is 2. The molecule has 0 radical (unpaired) electrons. The summed E-state index contributed by atoms with van der Waals surface area (Å²) in [6.07, 6.45) is 0.116. The number of halogens is 2. The van der Waals surface area contributed by atoms with E-state index < -0.39 is 109 Å². The summed E-state index contributed by atoms with van der Waals surface area (Å²) in [5.41, 5.74) is 6.08. The van der Waals surface area contributed by atoms with Crippen molar-refractivity contribution >= 4 is 76.3 Å². The lowest BCUT2D eigenvalue weighted by Crippen LogP contribution is -2.35. The highest BCUT2D eigenvalue weighted by atomic mass is 35.5. The number of aliphatic imine (C=N–C) groups is 2. The van der Waals surface area contributed by atoms with Gasteiger partial charge in [0, 0.05) is 38.1 Å². The third-order valence-corrected chi connectivity index (χ3v) is 17.7. The molecule has 100 heavy (non-hydrogen) atoms. The minimum atomic E-state index is -1.58. The van der Waals surface area contributed by atoms with Crippen LogP contribution in [0.5, 0.6) is 0 Å². The van der Waals surface area contributed by atoms with Gasteiger partial charge in [0.15, 0.2) is 36.3 Å². The van der Waals surface area contributed by atoms with Crippen molar-refractivity contribution in [1.82, 2.24) is 57.7 Å². The van der Waals surface area contributed by atoms with Crippen molar-refractivity contribution in [1.29, 1.82) is 0 Å². The van der Waals surface area contributed by atoms with Crippen LogP contribution in [0.15, 0.2) is 63.1 Å². The first-order valence-electron chi connectivity index (χ1n) is 33.0. The molecule has 13 rings (SSSR count). The highest BCUT2D eigenvalue weighted by molar-refractivity contribution is 6.28. The first kappa shape index (κ1) is 76.3. The summed E-state index contributed by atoms with van der Waals surface area (Å²) < 4.78 is 49.5. The summed E-state index contributed by atoms with van der Waals surface area (Å²) in [6.45, 7) is 13.4. The monoisotopic (exact) mass is 1430 g/mol. The number of fused-ring (bicyclic) bond motifs is 3. The predicted molar refractivity (Wildman–Crippen MR) is 355 cm³/mol. The van der Waals surface area contributed by atoms with Crippen molar-refractivity contribution in [3.8, 4) is 0 Å². The quantitative estimate of drug-likeness (QED) is 0.0681. The molecule has 5 saturated heterocycles. The molecule has 7 aliphatic rings. The lowest BCUT2D eigenvalue weighted by atomic mass is 10.1. The summed E-state index contributed by atoms with van der Waals surface area (Å²) in [5.74, 6) is 1.26. The number of imidazole rings is 3. The van der Waals surface area contributed by atoms with Gasteiger partial charge in [-0.15, -0.1) is 0 Å². The number of aromatic nitrogens is 12. The molecule has 0 bridgehead atoms. The molecule has 0 aliphatic carbocycles. The molecule has 0 unspecified atom stereocenters. The van der Waals surface area contributed by atoms with Gasteiger partial charge >= 0.3 is 11.4 Å². The molecule has 37 nitrogen and oxygen atoms in total. The lowest BCUT2D eigenvalue weighted by Gasteiger charge is -2.17. The highest BCUT2D eigenvalue weighted by Crippen LogP contribution is 2.39. The van der Waals surface area contributed by atoms with E-state index in [0.29, 0.717) is 73.7 Å². The number of alkyl halides is 1. The lowest BCUT2D eigenvalue weighted by molar-refractivity contribution is -0.116. The number of ether oxygens (including phenoxy) is 5. The van der Waals surface area contributed by atoms with Crippen LogP contribution in [0.25, 0.3) is 11.2 Å². The Bertz CT molecular complexity index is 3730. The second-order valence-corrected chi connectivity index (χ2v) is 24.4. The zero-order valence-corrected chi connectivity index (χ0v) is 56.6. The average Bonchev–Trinajstić information content (AvgIpc) is 1.63. The molecule has 0 saturated carbocycles. The Hall–Kier alpha value is -7.93. The van der Waals surface area contributed by atoms with E-state index in [1.807, 2.05) is 43.8 Å². The van der Waals surface area contributed by atoms with E-state index in [1.165, 1.54) is 35.4 Å². The molecule has 2 amide bonds. The first-order valence-corrected chi connectivity index (χ1v) is 33.4. The van der Waals surface area contributed by atoms with Gasteiger partial charge in [-0.25, -0.2) is 28.9 Å². The Labute approximate surface area is 575 Å². The summed E-state index contributed by atoms with van der Waals surface area (Å²) in [5, 5.41) is 99.9. The van der Waals surface area contributed by atoms with Gasteiger partial charge in [-0.2, -0.15) is 19.9 Å². The zero-order valence-electron chi connectivity index (χ0n) is 55.8. The fourth-order valence-corrected chi connectivity index (χ4v) is 12.1. The largest absolute Gasteiger partial charge is 0.390 e. The number of anilines is 5. The summed E-state index contributed by atoms with van der Waals surface area (Å²) >= 11 is 5.75. The summed E-state index contributed by atoms with van der Waals surface area (Å²) in [6, 6.07) is 2.88. The molecule has 15 N–H and O–H groups in total. The molecule has 20 atom stereocenters. The second kappa shape index (κ2) is 34.2. The zero-order chi connectivity index (χ0) is 72.4. The average molecular weight is 1430 g/mol. The summed E-state index contributed by atoms with van der Waals surface area (Å²) in [4.78, 5) is 82.2.